The normalized spacial score (nSPS) is 17.0. The van der Waals surface area contributed by atoms with Crippen molar-refractivity contribution in [2.45, 2.75) is 25.8 Å². The molecule has 5 heteroatoms. The molecular formula is C17H20FN3O. The van der Waals surface area contributed by atoms with Crippen molar-refractivity contribution in [3.63, 3.8) is 0 Å². The maximum absolute atomic E-state index is 13.8. The lowest BCUT2D eigenvalue weighted by atomic mass is 9.93. The smallest absolute Gasteiger partial charge is 0.217 e. The fourth-order valence-corrected chi connectivity index (χ4v) is 3.20. The van der Waals surface area contributed by atoms with Crippen LogP contribution in [0.1, 0.15) is 24.8 Å². The fraction of sp³-hybridized carbons (Fsp3) is 0.412. The Morgan fingerprint density at radius 1 is 1.32 bits per heavy atom. The zero-order valence-electron chi connectivity index (χ0n) is 12.5. The molecule has 0 aliphatic carbocycles. The standard InChI is InChI=1S/C17H20FN3O/c18-15-4-3-13(17-14(15)2-1-7-20-17)11-21-8-5-12(6-9-21)10-16(19)22/h1-4,7,12H,5-6,8-11H2,(H2,19,22). The number of carbonyl (C=O) groups excluding carboxylic acids is 1. The van der Waals surface area contributed by atoms with Gasteiger partial charge in [-0.15, -0.1) is 0 Å². The number of hydrogen-bond acceptors (Lipinski definition) is 3. The van der Waals surface area contributed by atoms with E-state index in [-0.39, 0.29) is 11.7 Å². The molecule has 0 saturated carbocycles. The molecule has 0 spiro atoms. The van der Waals surface area contributed by atoms with Crippen LogP contribution in [0.4, 0.5) is 4.39 Å². The van der Waals surface area contributed by atoms with Crippen LogP contribution in [0.2, 0.25) is 0 Å². The number of halogens is 1. The molecule has 1 aromatic carbocycles. The maximum Gasteiger partial charge on any atom is 0.217 e. The maximum atomic E-state index is 13.8. The molecule has 1 aromatic heterocycles. The third-order valence-corrected chi connectivity index (χ3v) is 4.39. The molecule has 1 aliphatic rings. The van der Waals surface area contributed by atoms with E-state index in [4.69, 9.17) is 5.73 Å². The molecular weight excluding hydrogens is 281 g/mol. The van der Waals surface area contributed by atoms with Gasteiger partial charge in [-0.25, -0.2) is 4.39 Å². The average molecular weight is 301 g/mol. The van der Waals surface area contributed by atoms with E-state index in [2.05, 4.69) is 9.88 Å². The van der Waals surface area contributed by atoms with Gasteiger partial charge in [-0.2, -0.15) is 0 Å². The Morgan fingerprint density at radius 2 is 2.09 bits per heavy atom. The van der Waals surface area contributed by atoms with Gasteiger partial charge in [0.1, 0.15) is 5.82 Å². The highest BCUT2D eigenvalue weighted by molar-refractivity contribution is 5.82. The summed E-state index contributed by atoms with van der Waals surface area (Å²) >= 11 is 0. The summed E-state index contributed by atoms with van der Waals surface area (Å²) in [6, 6.07) is 6.85. The first-order chi connectivity index (χ1) is 10.6. The lowest BCUT2D eigenvalue weighted by molar-refractivity contribution is -0.119. The lowest BCUT2D eigenvalue weighted by Crippen LogP contribution is -2.34. The molecule has 22 heavy (non-hydrogen) atoms. The van der Waals surface area contributed by atoms with Gasteiger partial charge in [0.05, 0.1) is 5.52 Å². The highest BCUT2D eigenvalue weighted by atomic mass is 19.1. The van der Waals surface area contributed by atoms with Crippen LogP contribution in [0.3, 0.4) is 0 Å². The molecule has 1 saturated heterocycles. The molecule has 0 bridgehead atoms. The minimum atomic E-state index is -0.230. The van der Waals surface area contributed by atoms with Crippen molar-refractivity contribution >= 4 is 16.8 Å². The fourth-order valence-electron chi connectivity index (χ4n) is 3.20. The molecule has 2 aromatic rings. The number of carbonyl (C=O) groups is 1. The molecule has 0 radical (unpaired) electrons. The number of primary amides is 1. The number of benzene rings is 1. The summed E-state index contributed by atoms with van der Waals surface area (Å²) < 4.78 is 13.8. The Morgan fingerprint density at radius 3 is 2.82 bits per heavy atom. The van der Waals surface area contributed by atoms with Gasteiger partial charge in [0.25, 0.3) is 0 Å². The van der Waals surface area contributed by atoms with Crippen LogP contribution in [-0.2, 0) is 11.3 Å². The third-order valence-electron chi connectivity index (χ3n) is 4.39. The Bertz CT molecular complexity index is 681. The molecule has 1 amide bonds. The van der Waals surface area contributed by atoms with E-state index >= 15 is 0 Å². The van der Waals surface area contributed by atoms with Gasteiger partial charge in [0, 0.05) is 24.5 Å². The summed E-state index contributed by atoms with van der Waals surface area (Å²) in [6.45, 7) is 2.63. The van der Waals surface area contributed by atoms with Crippen molar-refractivity contribution in [3.05, 3.63) is 41.8 Å². The van der Waals surface area contributed by atoms with Gasteiger partial charge in [-0.05, 0) is 55.6 Å². The predicted molar refractivity (Wildman–Crippen MR) is 83.5 cm³/mol. The number of piperidine rings is 1. The van der Waals surface area contributed by atoms with Crippen LogP contribution in [0.25, 0.3) is 10.9 Å². The Labute approximate surface area is 129 Å². The van der Waals surface area contributed by atoms with Crippen molar-refractivity contribution in [3.8, 4) is 0 Å². The van der Waals surface area contributed by atoms with Gasteiger partial charge in [-0.3, -0.25) is 14.7 Å². The molecule has 3 rings (SSSR count). The molecule has 2 heterocycles. The molecule has 2 N–H and O–H groups in total. The van der Waals surface area contributed by atoms with Gasteiger partial charge in [0.2, 0.25) is 5.91 Å². The van der Waals surface area contributed by atoms with Crippen LogP contribution in [0.5, 0.6) is 0 Å². The first-order valence-corrected chi connectivity index (χ1v) is 7.66. The number of fused-ring (bicyclic) bond motifs is 1. The number of nitrogens with two attached hydrogens (primary N) is 1. The average Bonchev–Trinajstić information content (AvgIpc) is 2.52. The molecule has 1 fully saturated rings. The van der Waals surface area contributed by atoms with E-state index in [1.807, 2.05) is 6.07 Å². The van der Waals surface area contributed by atoms with E-state index in [1.165, 1.54) is 6.07 Å². The van der Waals surface area contributed by atoms with Crippen molar-refractivity contribution in [1.82, 2.24) is 9.88 Å². The summed E-state index contributed by atoms with van der Waals surface area (Å²) in [6.07, 6.45) is 4.14. The minimum absolute atomic E-state index is 0.216. The SMILES string of the molecule is NC(=O)CC1CCN(Cc2ccc(F)c3cccnc23)CC1. The molecule has 0 atom stereocenters. The van der Waals surface area contributed by atoms with E-state index in [9.17, 15) is 9.18 Å². The number of rotatable bonds is 4. The van der Waals surface area contributed by atoms with Crippen LogP contribution in [-0.4, -0.2) is 28.9 Å². The summed E-state index contributed by atoms with van der Waals surface area (Å²) in [5, 5.41) is 0.573. The molecule has 116 valence electrons. The number of amides is 1. The summed E-state index contributed by atoms with van der Waals surface area (Å²) in [4.78, 5) is 17.6. The van der Waals surface area contributed by atoms with Crippen molar-refractivity contribution < 1.29 is 9.18 Å². The van der Waals surface area contributed by atoms with E-state index in [0.717, 1.165) is 43.6 Å². The molecule has 1 aliphatic heterocycles. The number of nitrogens with zero attached hydrogens (tertiary/aromatic N) is 2. The summed E-state index contributed by atoms with van der Waals surface area (Å²) in [5.41, 5.74) is 7.05. The minimum Gasteiger partial charge on any atom is -0.370 e. The first-order valence-electron chi connectivity index (χ1n) is 7.66. The highest BCUT2D eigenvalue weighted by Crippen LogP contribution is 2.25. The Hall–Kier alpha value is -2.01. The zero-order chi connectivity index (χ0) is 15.5. The Kier molecular flexibility index (Phi) is 4.34. The van der Waals surface area contributed by atoms with Gasteiger partial charge >= 0.3 is 0 Å². The van der Waals surface area contributed by atoms with Crippen LogP contribution in [0.15, 0.2) is 30.5 Å². The van der Waals surface area contributed by atoms with Gasteiger partial charge < -0.3 is 5.73 Å². The number of pyridine rings is 1. The number of aromatic nitrogens is 1. The molecule has 0 unspecified atom stereocenters. The van der Waals surface area contributed by atoms with Crippen molar-refractivity contribution in [2.75, 3.05) is 13.1 Å². The summed E-state index contributed by atoms with van der Waals surface area (Å²) in [7, 11) is 0. The lowest BCUT2D eigenvalue weighted by Gasteiger charge is -2.31. The van der Waals surface area contributed by atoms with E-state index in [0.29, 0.717) is 17.7 Å². The van der Waals surface area contributed by atoms with E-state index < -0.39 is 0 Å². The summed E-state index contributed by atoms with van der Waals surface area (Å²) in [5.74, 6) is -0.0453. The third kappa shape index (κ3) is 3.25. The molecule has 4 nitrogen and oxygen atoms in total. The first kappa shape index (κ1) is 14.9. The monoisotopic (exact) mass is 301 g/mol. The largest absolute Gasteiger partial charge is 0.370 e. The van der Waals surface area contributed by atoms with Crippen LogP contribution in [0, 0.1) is 11.7 Å². The predicted octanol–water partition coefficient (Wildman–Crippen LogP) is 2.46. The zero-order valence-corrected chi connectivity index (χ0v) is 12.5. The van der Waals surface area contributed by atoms with Crippen LogP contribution < -0.4 is 5.73 Å². The van der Waals surface area contributed by atoms with Crippen LogP contribution >= 0.6 is 0 Å². The van der Waals surface area contributed by atoms with Gasteiger partial charge in [-0.1, -0.05) is 6.07 Å². The second kappa shape index (κ2) is 6.40. The van der Waals surface area contributed by atoms with Crippen molar-refractivity contribution in [1.29, 1.82) is 0 Å². The van der Waals surface area contributed by atoms with Gasteiger partial charge in [0.15, 0.2) is 0 Å². The quantitative estimate of drug-likeness (QED) is 0.943. The second-order valence-corrected chi connectivity index (χ2v) is 6.00. The van der Waals surface area contributed by atoms with E-state index in [1.54, 1.807) is 18.3 Å². The number of likely N-dealkylation sites (tertiary alicyclic amines) is 1. The number of hydrogen-bond donors (Lipinski definition) is 1. The second-order valence-electron chi connectivity index (χ2n) is 6.00. The topological polar surface area (TPSA) is 59.2 Å². The van der Waals surface area contributed by atoms with Crippen molar-refractivity contribution in [2.24, 2.45) is 11.7 Å². The highest BCUT2D eigenvalue weighted by Gasteiger charge is 2.21. The Balaban J connectivity index is 1.70.